The van der Waals surface area contributed by atoms with Crippen molar-refractivity contribution in [3.63, 3.8) is 0 Å². The Labute approximate surface area is 225 Å². The summed E-state index contributed by atoms with van der Waals surface area (Å²) >= 11 is 1.01. The van der Waals surface area contributed by atoms with Gasteiger partial charge in [-0.2, -0.15) is 13.2 Å². The first-order chi connectivity index (χ1) is 18.7. The van der Waals surface area contributed by atoms with Crippen LogP contribution in [0.15, 0.2) is 71.7 Å². The zero-order valence-electron chi connectivity index (χ0n) is 20.5. The summed E-state index contributed by atoms with van der Waals surface area (Å²) in [5, 5.41) is 2.01. The highest BCUT2D eigenvalue weighted by Crippen LogP contribution is 2.36. The fourth-order valence-corrected chi connectivity index (χ4v) is 5.10. The van der Waals surface area contributed by atoms with Gasteiger partial charge in [0.05, 0.1) is 24.9 Å². The molecule has 2 heterocycles. The van der Waals surface area contributed by atoms with Gasteiger partial charge in [0.15, 0.2) is 16.7 Å². The summed E-state index contributed by atoms with van der Waals surface area (Å²) in [6.07, 6.45) is -4.69. The average Bonchev–Trinajstić information content (AvgIpc) is 3.38. The molecule has 202 valence electrons. The van der Waals surface area contributed by atoms with Crippen molar-refractivity contribution in [3.8, 4) is 17.2 Å². The van der Waals surface area contributed by atoms with Crippen LogP contribution in [0.2, 0.25) is 0 Å². The van der Waals surface area contributed by atoms with Gasteiger partial charge in [-0.25, -0.2) is 4.99 Å². The van der Waals surface area contributed by atoms with E-state index < -0.39 is 28.8 Å². The Morgan fingerprint density at radius 1 is 1.10 bits per heavy atom. The molecule has 0 bridgehead atoms. The molecule has 2 aliphatic heterocycles. The number of nitrogens with zero attached hydrogens (tertiary/aromatic N) is 2. The number of methoxy groups -OCH3 is 1. The second kappa shape index (κ2) is 10.9. The predicted molar refractivity (Wildman–Crippen MR) is 139 cm³/mol. The molecule has 1 unspecified atom stereocenters. The summed E-state index contributed by atoms with van der Waals surface area (Å²) in [5.41, 5.74) is 0.312. The van der Waals surface area contributed by atoms with Crippen LogP contribution >= 0.6 is 11.8 Å². The normalized spacial score (nSPS) is 17.8. The van der Waals surface area contributed by atoms with Gasteiger partial charge in [0, 0.05) is 18.2 Å². The number of carbonyl (C=O) groups excluding carboxylic acids is 2. The number of ether oxygens (including phenoxy) is 3. The topological polar surface area (TPSA) is 89.5 Å². The number of nitrogens with one attached hydrogen (secondary N) is 1. The van der Waals surface area contributed by atoms with E-state index in [-0.39, 0.29) is 30.6 Å². The number of amidine groups is 1. The number of amides is 2. The highest BCUT2D eigenvalue weighted by atomic mass is 32.2. The Morgan fingerprint density at radius 2 is 1.90 bits per heavy atom. The SMILES string of the molecule is COc1cccc(NC(=O)C2CC(=O)N(Cc3ccc4c(c3)OCO4)C(=Nc3cccc(C(F)(F)F)c3)S2)c1. The third-order valence-electron chi connectivity index (χ3n) is 5.95. The minimum Gasteiger partial charge on any atom is -0.497 e. The van der Waals surface area contributed by atoms with Crippen molar-refractivity contribution < 1.29 is 37.0 Å². The van der Waals surface area contributed by atoms with Gasteiger partial charge in [-0.3, -0.25) is 14.5 Å². The number of rotatable bonds is 6. The fourth-order valence-electron chi connectivity index (χ4n) is 4.00. The number of aliphatic imine (C=N–C) groups is 1. The van der Waals surface area contributed by atoms with Crippen LogP contribution in [0.1, 0.15) is 17.5 Å². The van der Waals surface area contributed by atoms with Crippen molar-refractivity contribution in [2.24, 2.45) is 4.99 Å². The summed E-state index contributed by atoms with van der Waals surface area (Å²) in [4.78, 5) is 32.2. The molecule has 0 saturated carbocycles. The number of benzene rings is 3. The maximum atomic E-state index is 13.3. The summed E-state index contributed by atoms with van der Waals surface area (Å²) in [6, 6.07) is 16.4. The van der Waals surface area contributed by atoms with Crippen molar-refractivity contribution in [3.05, 3.63) is 77.9 Å². The second-order valence-corrected chi connectivity index (χ2v) is 9.81. The molecular formula is C27H22F3N3O5S. The first-order valence-corrected chi connectivity index (χ1v) is 12.6. The lowest BCUT2D eigenvalue weighted by atomic mass is 10.1. The molecule has 3 aromatic rings. The Kier molecular flexibility index (Phi) is 7.38. The Balaban J connectivity index is 1.44. The van der Waals surface area contributed by atoms with Crippen LogP contribution in [-0.2, 0) is 22.3 Å². The lowest BCUT2D eigenvalue weighted by Gasteiger charge is -2.32. The Hall–Kier alpha value is -4.19. The molecule has 0 spiro atoms. The first kappa shape index (κ1) is 26.4. The first-order valence-electron chi connectivity index (χ1n) is 11.8. The third kappa shape index (κ3) is 6.11. The van der Waals surface area contributed by atoms with Crippen LogP contribution in [-0.4, -0.2) is 41.0 Å². The fraction of sp³-hybridized carbons (Fsp3) is 0.222. The molecular weight excluding hydrogens is 535 g/mol. The van der Waals surface area contributed by atoms with Gasteiger partial charge in [0.25, 0.3) is 0 Å². The molecule has 8 nitrogen and oxygen atoms in total. The number of alkyl halides is 3. The molecule has 1 fully saturated rings. The summed E-state index contributed by atoms with van der Waals surface area (Å²) in [5.74, 6) is 0.799. The van der Waals surface area contributed by atoms with E-state index in [1.165, 1.54) is 24.1 Å². The Morgan fingerprint density at radius 3 is 2.69 bits per heavy atom. The van der Waals surface area contributed by atoms with Gasteiger partial charge in [0.1, 0.15) is 11.0 Å². The monoisotopic (exact) mass is 557 g/mol. The number of carbonyl (C=O) groups is 2. The summed E-state index contributed by atoms with van der Waals surface area (Å²) in [7, 11) is 1.50. The number of halogens is 3. The lowest BCUT2D eigenvalue weighted by Crippen LogP contribution is -2.44. The maximum Gasteiger partial charge on any atom is 0.416 e. The van der Waals surface area contributed by atoms with E-state index in [4.69, 9.17) is 14.2 Å². The predicted octanol–water partition coefficient (Wildman–Crippen LogP) is 5.60. The summed E-state index contributed by atoms with van der Waals surface area (Å²) in [6.45, 7) is 0.161. The highest BCUT2D eigenvalue weighted by molar-refractivity contribution is 8.15. The van der Waals surface area contributed by atoms with Gasteiger partial charge in [0.2, 0.25) is 18.6 Å². The van der Waals surface area contributed by atoms with Crippen LogP contribution in [0.3, 0.4) is 0 Å². The van der Waals surface area contributed by atoms with Crippen molar-refractivity contribution in [2.45, 2.75) is 24.4 Å². The van der Waals surface area contributed by atoms with Gasteiger partial charge in [-0.1, -0.05) is 30.0 Å². The average molecular weight is 558 g/mol. The van der Waals surface area contributed by atoms with Crippen LogP contribution < -0.4 is 19.5 Å². The number of thioether (sulfide) groups is 1. The van der Waals surface area contributed by atoms with E-state index in [9.17, 15) is 22.8 Å². The minimum absolute atomic E-state index is 0.00432. The van der Waals surface area contributed by atoms with E-state index in [1.807, 2.05) is 0 Å². The smallest absolute Gasteiger partial charge is 0.416 e. The van der Waals surface area contributed by atoms with Crippen molar-refractivity contribution in [1.29, 1.82) is 0 Å². The molecule has 0 aliphatic carbocycles. The molecule has 5 rings (SSSR count). The van der Waals surface area contributed by atoms with Gasteiger partial charge < -0.3 is 19.5 Å². The van der Waals surface area contributed by atoms with Crippen molar-refractivity contribution >= 4 is 40.1 Å². The molecule has 2 aliphatic rings. The van der Waals surface area contributed by atoms with Crippen LogP contribution in [0.5, 0.6) is 17.2 Å². The van der Waals surface area contributed by atoms with Gasteiger partial charge in [-0.15, -0.1) is 0 Å². The van der Waals surface area contributed by atoms with Gasteiger partial charge >= 0.3 is 6.18 Å². The quantitative estimate of drug-likeness (QED) is 0.424. The summed E-state index contributed by atoms with van der Waals surface area (Å²) < 4.78 is 55.9. The molecule has 1 N–H and O–H groups in total. The zero-order valence-corrected chi connectivity index (χ0v) is 21.3. The maximum absolute atomic E-state index is 13.3. The molecule has 0 radical (unpaired) electrons. The van der Waals surface area contributed by atoms with Crippen LogP contribution in [0, 0.1) is 0 Å². The standard InChI is InChI=1S/C27H22F3N3O5S/c1-36-20-7-3-6-19(12-20)31-25(35)23-13-24(34)33(14-16-8-9-21-22(10-16)38-15-37-21)26(39-23)32-18-5-2-4-17(11-18)27(28,29)30/h2-12,23H,13-15H2,1H3,(H,31,35). The molecule has 2 amide bonds. The van der Waals surface area contributed by atoms with Crippen LogP contribution in [0.4, 0.5) is 24.5 Å². The Bertz CT molecular complexity index is 1450. The van der Waals surface area contributed by atoms with E-state index >= 15 is 0 Å². The molecule has 12 heteroatoms. The second-order valence-electron chi connectivity index (χ2n) is 8.64. The van der Waals surface area contributed by atoms with Crippen LogP contribution in [0.25, 0.3) is 0 Å². The number of hydrogen-bond donors (Lipinski definition) is 1. The van der Waals surface area contributed by atoms with E-state index in [0.29, 0.717) is 28.5 Å². The van der Waals surface area contributed by atoms with Gasteiger partial charge in [-0.05, 0) is 48.0 Å². The van der Waals surface area contributed by atoms with Crippen molar-refractivity contribution in [1.82, 2.24) is 4.90 Å². The van der Waals surface area contributed by atoms with Crippen molar-refractivity contribution in [2.75, 3.05) is 19.2 Å². The molecule has 1 atom stereocenters. The number of fused-ring (bicyclic) bond motifs is 1. The highest BCUT2D eigenvalue weighted by Gasteiger charge is 2.37. The molecule has 39 heavy (non-hydrogen) atoms. The van der Waals surface area contributed by atoms with E-state index in [0.717, 1.165) is 23.9 Å². The molecule has 0 aromatic heterocycles. The number of hydrogen-bond acceptors (Lipinski definition) is 7. The van der Waals surface area contributed by atoms with E-state index in [1.54, 1.807) is 42.5 Å². The van der Waals surface area contributed by atoms with E-state index in [2.05, 4.69) is 10.3 Å². The minimum atomic E-state index is -4.56. The lowest BCUT2D eigenvalue weighted by molar-refractivity contribution is -0.137. The molecule has 1 saturated heterocycles. The molecule has 3 aromatic carbocycles. The third-order valence-corrected chi connectivity index (χ3v) is 7.13. The largest absolute Gasteiger partial charge is 0.497 e. The zero-order chi connectivity index (χ0) is 27.6. The number of anilines is 1.